The quantitative estimate of drug-likeness (QED) is 0.277. The Labute approximate surface area is 152 Å². The zero-order chi connectivity index (χ0) is 18.7. The molecule has 2 N–H and O–H groups in total. The monoisotopic (exact) mass is 385 g/mol. The first-order chi connectivity index (χ1) is 11.7. The van der Waals surface area contributed by atoms with Crippen molar-refractivity contribution >= 4 is 40.8 Å². The van der Waals surface area contributed by atoms with E-state index in [2.05, 4.69) is 10.3 Å². The molecule has 0 fully saturated rings. The van der Waals surface area contributed by atoms with Crippen molar-refractivity contribution in [2.45, 2.75) is 19.9 Å². The number of benzene rings is 1. The maximum Gasteiger partial charge on any atom is 0.390 e. The molecule has 0 spiro atoms. The molecule has 1 unspecified atom stereocenters. The molecule has 2 aromatic rings. The number of aryl methyl sites for hydroxylation is 1. The Kier molecular flexibility index (Phi) is 5.60. The molecule has 0 amide bonds. The summed E-state index contributed by atoms with van der Waals surface area (Å²) < 4.78 is 1.17. The smallest absolute Gasteiger partial charge is 0.380 e. The molecule has 132 valence electrons. The van der Waals surface area contributed by atoms with Gasteiger partial charge in [0.1, 0.15) is 0 Å². The van der Waals surface area contributed by atoms with Crippen molar-refractivity contribution in [3.63, 3.8) is 0 Å². The fourth-order valence-electron chi connectivity index (χ4n) is 1.97. The van der Waals surface area contributed by atoms with Gasteiger partial charge in [0, 0.05) is 10.6 Å². The third kappa shape index (κ3) is 4.25. The predicted molar refractivity (Wildman–Crippen MR) is 91.6 cm³/mol. The van der Waals surface area contributed by atoms with Gasteiger partial charge in [-0.1, -0.05) is 28.4 Å². The molecule has 0 aliphatic rings. The lowest BCUT2D eigenvalue weighted by Gasteiger charge is -2.08. The lowest BCUT2D eigenvalue weighted by Crippen LogP contribution is -2.22. The van der Waals surface area contributed by atoms with Crippen molar-refractivity contribution in [3.05, 3.63) is 55.7 Å². The summed E-state index contributed by atoms with van der Waals surface area (Å²) in [6.45, 7) is 3.04. The molecular weight excluding hydrogens is 373 g/mol. The second-order valence-corrected chi connectivity index (χ2v) is 5.88. The minimum Gasteiger partial charge on any atom is -0.380 e. The first kappa shape index (κ1) is 18.7. The van der Waals surface area contributed by atoms with Crippen LogP contribution in [-0.2, 0) is 9.63 Å². The third-order valence-electron chi connectivity index (χ3n) is 3.25. The van der Waals surface area contributed by atoms with Gasteiger partial charge in [-0.15, -0.1) is 0 Å². The molecule has 0 radical (unpaired) electrons. The van der Waals surface area contributed by atoms with Gasteiger partial charge in [0.25, 0.3) is 0 Å². The number of carbonyl (C=O) groups is 1. The van der Waals surface area contributed by atoms with E-state index in [1.165, 1.54) is 29.8 Å². The highest BCUT2D eigenvalue weighted by molar-refractivity contribution is 6.36. The van der Waals surface area contributed by atoms with E-state index >= 15 is 0 Å². The van der Waals surface area contributed by atoms with Gasteiger partial charge in [-0.3, -0.25) is 0 Å². The summed E-state index contributed by atoms with van der Waals surface area (Å²) in [5.41, 5.74) is 6.51. The van der Waals surface area contributed by atoms with Crippen molar-refractivity contribution in [1.82, 2.24) is 9.78 Å². The normalized spacial score (nSPS) is 12.7. The number of rotatable bonds is 5. The van der Waals surface area contributed by atoms with E-state index in [-0.39, 0.29) is 16.7 Å². The van der Waals surface area contributed by atoms with Gasteiger partial charge in [0.15, 0.2) is 11.9 Å². The Morgan fingerprint density at radius 1 is 1.44 bits per heavy atom. The predicted octanol–water partition coefficient (Wildman–Crippen LogP) is 2.83. The Hall–Kier alpha value is -2.65. The van der Waals surface area contributed by atoms with Crippen molar-refractivity contribution in [2.24, 2.45) is 10.9 Å². The SMILES string of the molecule is Cc1cc([N+](=O)[O-])nn1C(C)C(=O)O/N=C(\N)c1ccc(Cl)cc1Cl. The molecule has 1 aromatic heterocycles. The number of oxime groups is 1. The van der Waals surface area contributed by atoms with Crippen LogP contribution in [0.3, 0.4) is 0 Å². The zero-order valence-electron chi connectivity index (χ0n) is 13.1. The number of halogens is 2. The van der Waals surface area contributed by atoms with Gasteiger partial charge in [0.2, 0.25) is 0 Å². The number of nitro groups is 1. The summed E-state index contributed by atoms with van der Waals surface area (Å²) in [5, 5.41) is 18.7. The minimum absolute atomic E-state index is 0.120. The average Bonchev–Trinajstić information content (AvgIpc) is 2.93. The highest BCUT2D eigenvalue weighted by atomic mass is 35.5. The first-order valence-electron chi connectivity index (χ1n) is 6.91. The van der Waals surface area contributed by atoms with Gasteiger partial charge in [-0.05, 0) is 37.0 Å². The standard InChI is InChI=1S/C14H13Cl2N5O4/c1-7-5-12(21(23)24)18-20(7)8(2)14(22)25-19-13(17)10-4-3-9(15)6-11(10)16/h3-6,8H,1-2H3,(H2,17,19). The van der Waals surface area contributed by atoms with Crippen LogP contribution in [0, 0.1) is 17.0 Å². The van der Waals surface area contributed by atoms with Crippen LogP contribution in [0.1, 0.15) is 24.2 Å². The van der Waals surface area contributed by atoms with Gasteiger partial charge in [-0.2, -0.15) is 4.68 Å². The lowest BCUT2D eigenvalue weighted by atomic mass is 10.2. The van der Waals surface area contributed by atoms with E-state index in [1.807, 2.05) is 0 Å². The fourth-order valence-corrected chi connectivity index (χ4v) is 2.47. The number of nitrogens with zero attached hydrogens (tertiary/aromatic N) is 4. The van der Waals surface area contributed by atoms with Crippen LogP contribution in [-0.4, -0.2) is 26.5 Å². The summed E-state index contributed by atoms with van der Waals surface area (Å²) in [6, 6.07) is 4.86. The van der Waals surface area contributed by atoms with Gasteiger partial charge in [0.05, 0.1) is 21.9 Å². The molecule has 0 aliphatic heterocycles. The minimum atomic E-state index is -0.939. The second kappa shape index (κ2) is 7.49. The summed E-state index contributed by atoms with van der Waals surface area (Å²) in [5.74, 6) is -1.28. The van der Waals surface area contributed by atoms with Crippen LogP contribution in [0.4, 0.5) is 5.82 Å². The van der Waals surface area contributed by atoms with Crippen LogP contribution in [0.25, 0.3) is 0 Å². The molecule has 1 atom stereocenters. The third-order valence-corrected chi connectivity index (χ3v) is 3.79. The van der Waals surface area contributed by atoms with E-state index in [4.69, 9.17) is 33.8 Å². The maximum absolute atomic E-state index is 12.1. The van der Waals surface area contributed by atoms with Crippen molar-refractivity contribution in [1.29, 1.82) is 0 Å². The number of nitrogens with two attached hydrogens (primary N) is 1. The average molecular weight is 386 g/mol. The number of carbonyl (C=O) groups excluding carboxylic acids is 1. The summed E-state index contributed by atoms with van der Waals surface area (Å²) in [6.07, 6.45) is 0. The Balaban J connectivity index is 2.14. The topological polar surface area (TPSA) is 126 Å². The van der Waals surface area contributed by atoms with Crippen LogP contribution < -0.4 is 5.73 Å². The molecule has 1 aromatic carbocycles. The van der Waals surface area contributed by atoms with Crippen molar-refractivity contribution in [3.8, 4) is 0 Å². The Morgan fingerprint density at radius 3 is 2.68 bits per heavy atom. The molecule has 25 heavy (non-hydrogen) atoms. The number of hydrogen-bond donors (Lipinski definition) is 1. The molecule has 0 bridgehead atoms. The summed E-state index contributed by atoms with van der Waals surface area (Å²) >= 11 is 11.8. The molecule has 1 heterocycles. The van der Waals surface area contributed by atoms with E-state index in [1.54, 1.807) is 13.0 Å². The van der Waals surface area contributed by atoms with Crippen LogP contribution in [0.5, 0.6) is 0 Å². The van der Waals surface area contributed by atoms with Gasteiger partial charge < -0.3 is 20.7 Å². The second-order valence-electron chi connectivity index (χ2n) is 5.03. The Morgan fingerprint density at radius 2 is 2.12 bits per heavy atom. The van der Waals surface area contributed by atoms with Gasteiger partial charge >= 0.3 is 11.8 Å². The van der Waals surface area contributed by atoms with E-state index in [9.17, 15) is 14.9 Å². The number of aromatic nitrogens is 2. The molecule has 9 nitrogen and oxygen atoms in total. The molecule has 0 saturated carbocycles. The maximum atomic E-state index is 12.1. The largest absolute Gasteiger partial charge is 0.390 e. The number of amidine groups is 1. The highest BCUT2D eigenvalue weighted by Gasteiger charge is 2.26. The summed E-state index contributed by atoms with van der Waals surface area (Å²) in [7, 11) is 0. The van der Waals surface area contributed by atoms with Crippen LogP contribution in [0.15, 0.2) is 29.4 Å². The van der Waals surface area contributed by atoms with Crippen molar-refractivity contribution in [2.75, 3.05) is 0 Å². The Bertz CT molecular complexity index is 865. The molecule has 2 rings (SSSR count). The van der Waals surface area contributed by atoms with E-state index in [0.717, 1.165) is 0 Å². The molecule has 0 aliphatic carbocycles. The van der Waals surface area contributed by atoms with Gasteiger partial charge in [-0.25, -0.2) is 4.79 Å². The molecular formula is C14H13Cl2N5O4. The highest BCUT2D eigenvalue weighted by Crippen LogP contribution is 2.21. The zero-order valence-corrected chi connectivity index (χ0v) is 14.7. The molecule has 0 saturated heterocycles. The lowest BCUT2D eigenvalue weighted by molar-refractivity contribution is -0.389. The fraction of sp³-hybridized carbons (Fsp3) is 0.214. The van der Waals surface area contributed by atoms with Crippen molar-refractivity contribution < 1.29 is 14.6 Å². The molecule has 11 heteroatoms. The van der Waals surface area contributed by atoms with Crippen LogP contribution in [0.2, 0.25) is 10.0 Å². The first-order valence-corrected chi connectivity index (χ1v) is 7.66. The van der Waals surface area contributed by atoms with Crippen LogP contribution >= 0.6 is 23.2 Å². The number of hydrogen-bond acceptors (Lipinski definition) is 6. The summed E-state index contributed by atoms with van der Waals surface area (Å²) in [4.78, 5) is 27.0. The van der Waals surface area contributed by atoms with E-state index in [0.29, 0.717) is 16.3 Å². The van der Waals surface area contributed by atoms with E-state index < -0.39 is 16.9 Å².